The van der Waals surface area contributed by atoms with Gasteiger partial charge >= 0.3 is 0 Å². The Morgan fingerprint density at radius 3 is 2.66 bits per heavy atom. The minimum atomic E-state index is 0.178. The Morgan fingerprint density at radius 1 is 1.11 bits per heavy atom. The molecule has 176 valence electrons. The Kier molecular flexibility index (Phi) is 5.02. The molecule has 7 rings (SSSR count). The lowest BCUT2D eigenvalue weighted by Crippen LogP contribution is -2.57. The van der Waals surface area contributed by atoms with Gasteiger partial charge in [-0.15, -0.1) is 0 Å². The number of nitrogens with one attached hydrogen (secondary N) is 1. The van der Waals surface area contributed by atoms with Crippen LogP contribution in [0.3, 0.4) is 0 Å². The first-order valence-corrected chi connectivity index (χ1v) is 11.9. The van der Waals surface area contributed by atoms with Gasteiger partial charge in [0.1, 0.15) is 11.9 Å². The van der Waals surface area contributed by atoms with Crippen molar-refractivity contribution >= 4 is 17.2 Å². The van der Waals surface area contributed by atoms with E-state index in [1.165, 1.54) is 0 Å². The van der Waals surface area contributed by atoms with Crippen LogP contribution in [0.4, 0.5) is 5.82 Å². The Bertz CT molecular complexity index is 1460. The summed E-state index contributed by atoms with van der Waals surface area (Å²) < 4.78 is 3.51. The topological polar surface area (TPSA) is 104 Å². The van der Waals surface area contributed by atoms with E-state index in [1.807, 2.05) is 48.9 Å². The van der Waals surface area contributed by atoms with Crippen molar-refractivity contribution in [3.8, 4) is 28.3 Å². The van der Waals surface area contributed by atoms with E-state index < -0.39 is 0 Å². The second kappa shape index (κ2) is 8.24. The number of pyridine rings is 2. The van der Waals surface area contributed by atoms with Crippen LogP contribution < -0.4 is 5.32 Å². The van der Waals surface area contributed by atoms with E-state index in [0.29, 0.717) is 23.6 Å². The molecule has 0 radical (unpaired) electrons. The molecule has 1 amide bonds. The molecule has 3 unspecified atom stereocenters. The second-order valence-electron chi connectivity index (χ2n) is 9.59. The highest BCUT2D eigenvalue weighted by atomic mass is 16.2. The van der Waals surface area contributed by atoms with Crippen LogP contribution in [0.25, 0.3) is 27.8 Å². The highest BCUT2D eigenvalue weighted by Crippen LogP contribution is 2.37. The summed E-state index contributed by atoms with van der Waals surface area (Å²) in [5.74, 6) is 1.46. The lowest BCUT2D eigenvalue weighted by molar-refractivity contribution is -0.136. The van der Waals surface area contributed by atoms with E-state index in [0.717, 1.165) is 59.4 Å². The van der Waals surface area contributed by atoms with Gasteiger partial charge in [-0.25, -0.2) is 9.50 Å². The zero-order valence-electron chi connectivity index (χ0n) is 19.7. The molecule has 4 aromatic heterocycles. The van der Waals surface area contributed by atoms with Crippen LogP contribution in [0.2, 0.25) is 0 Å². The molecule has 2 saturated heterocycles. The van der Waals surface area contributed by atoms with E-state index >= 15 is 0 Å². The number of aromatic nitrogens is 5. The third-order valence-corrected chi connectivity index (χ3v) is 7.42. The van der Waals surface area contributed by atoms with E-state index in [-0.39, 0.29) is 5.91 Å². The largest absolute Gasteiger partial charge is 0.367 e. The summed E-state index contributed by atoms with van der Waals surface area (Å²) in [7, 11) is 1.88. The first kappa shape index (κ1) is 21.4. The second-order valence-corrected chi connectivity index (χ2v) is 9.59. The molecule has 2 bridgehead atoms. The summed E-state index contributed by atoms with van der Waals surface area (Å²) in [6, 6.07) is 9.00. The predicted molar refractivity (Wildman–Crippen MR) is 131 cm³/mol. The summed E-state index contributed by atoms with van der Waals surface area (Å²) in [6.45, 7) is 2.50. The standard InChI is InChI=1S/C26H26N8O/c1-16(35)33-14-18-3-5-22(33)8-24(18)31-25-6-4-17(10-28-25)23-7-19(21-12-29-32(2)13-21)15-34-26(23)20(9-27)11-30-34/h4,6-7,10-13,15,18,22,24H,3,5,8,14H2,1-2H3,(H,28,31). The molecule has 0 aromatic carbocycles. The van der Waals surface area contributed by atoms with E-state index in [2.05, 4.69) is 27.6 Å². The van der Waals surface area contributed by atoms with E-state index in [4.69, 9.17) is 4.98 Å². The minimum absolute atomic E-state index is 0.178. The van der Waals surface area contributed by atoms with Gasteiger partial charge in [0.2, 0.25) is 5.91 Å². The number of amides is 1. The van der Waals surface area contributed by atoms with Crippen LogP contribution in [-0.2, 0) is 11.8 Å². The molecular formula is C26H26N8O. The number of nitriles is 1. The van der Waals surface area contributed by atoms with Crippen LogP contribution >= 0.6 is 0 Å². The first-order valence-electron chi connectivity index (χ1n) is 11.9. The summed E-state index contributed by atoms with van der Waals surface area (Å²) in [4.78, 5) is 18.7. The smallest absolute Gasteiger partial charge is 0.219 e. The fourth-order valence-electron chi connectivity index (χ4n) is 5.66. The van der Waals surface area contributed by atoms with Gasteiger partial charge in [0.05, 0.1) is 23.5 Å². The zero-order chi connectivity index (χ0) is 24.1. The third kappa shape index (κ3) is 3.71. The van der Waals surface area contributed by atoms with Gasteiger partial charge in [-0.1, -0.05) is 0 Å². The number of fused-ring (bicyclic) bond motifs is 4. The molecule has 2 aliphatic heterocycles. The van der Waals surface area contributed by atoms with Gasteiger partial charge in [-0.3, -0.25) is 9.48 Å². The molecule has 1 saturated carbocycles. The molecule has 6 heterocycles. The van der Waals surface area contributed by atoms with Crippen molar-refractivity contribution in [2.45, 2.75) is 38.3 Å². The summed E-state index contributed by atoms with van der Waals surface area (Å²) >= 11 is 0. The highest BCUT2D eigenvalue weighted by molar-refractivity contribution is 5.87. The number of anilines is 1. The van der Waals surface area contributed by atoms with Crippen LogP contribution in [0, 0.1) is 17.2 Å². The minimum Gasteiger partial charge on any atom is -0.367 e. The van der Waals surface area contributed by atoms with E-state index in [1.54, 1.807) is 22.3 Å². The molecule has 9 heteroatoms. The van der Waals surface area contributed by atoms with Crippen molar-refractivity contribution in [3.05, 3.63) is 54.7 Å². The maximum absolute atomic E-state index is 11.9. The monoisotopic (exact) mass is 466 g/mol. The number of rotatable bonds is 4. The average molecular weight is 467 g/mol. The number of hydrogen-bond donors (Lipinski definition) is 1. The van der Waals surface area contributed by atoms with Crippen molar-refractivity contribution in [3.63, 3.8) is 0 Å². The maximum Gasteiger partial charge on any atom is 0.219 e. The molecule has 3 fully saturated rings. The van der Waals surface area contributed by atoms with Crippen molar-refractivity contribution in [1.82, 2.24) is 29.3 Å². The average Bonchev–Trinajstić information content (AvgIpc) is 3.50. The highest BCUT2D eigenvalue weighted by Gasteiger charge is 2.41. The quantitative estimate of drug-likeness (QED) is 0.494. The van der Waals surface area contributed by atoms with E-state index in [9.17, 15) is 10.1 Å². The van der Waals surface area contributed by atoms with Gasteiger partial charge < -0.3 is 10.2 Å². The van der Waals surface area contributed by atoms with Crippen LogP contribution in [0.1, 0.15) is 31.7 Å². The molecule has 1 aliphatic carbocycles. The summed E-state index contributed by atoms with van der Waals surface area (Å²) in [5, 5.41) is 22.0. The molecule has 9 nitrogen and oxygen atoms in total. The van der Waals surface area contributed by atoms with Crippen LogP contribution in [-0.4, -0.2) is 53.8 Å². The SMILES string of the molecule is CC(=O)N1CC2CCC1CC2Nc1ccc(-c2cc(-c3cnn(C)c3)cn3ncc(C#N)c23)cn1. The van der Waals surface area contributed by atoms with Crippen molar-refractivity contribution < 1.29 is 4.79 Å². The molecule has 3 aliphatic rings. The Hall–Kier alpha value is -4.19. The lowest BCUT2D eigenvalue weighted by Gasteiger charge is -2.49. The molecule has 1 N–H and O–H groups in total. The van der Waals surface area contributed by atoms with Crippen molar-refractivity contribution in [1.29, 1.82) is 5.26 Å². The first-order chi connectivity index (χ1) is 17.0. The van der Waals surface area contributed by atoms with Gasteiger partial charge in [0, 0.05) is 73.4 Å². The molecule has 0 spiro atoms. The predicted octanol–water partition coefficient (Wildman–Crippen LogP) is 3.48. The zero-order valence-corrected chi connectivity index (χ0v) is 19.7. The number of piperidine rings is 2. The maximum atomic E-state index is 11.9. The molecule has 3 atom stereocenters. The van der Waals surface area contributed by atoms with Gasteiger partial charge in [-0.2, -0.15) is 15.5 Å². The molecular weight excluding hydrogens is 440 g/mol. The van der Waals surface area contributed by atoms with Gasteiger partial charge in [-0.05, 0) is 43.4 Å². The number of hydrogen-bond acceptors (Lipinski definition) is 6. The molecule has 4 aromatic rings. The van der Waals surface area contributed by atoms with Crippen LogP contribution in [0.15, 0.2) is 49.2 Å². The Morgan fingerprint density at radius 2 is 2.00 bits per heavy atom. The van der Waals surface area contributed by atoms with Crippen LogP contribution in [0.5, 0.6) is 0 Å². The Labute approximate surface area is 203 Å². The number of carbonyl (C=O) groups excluding carboxylic acids is 1. The van der Waals surface area contributed by atoms with Gasteiger partial charge in [0.25, 0.3) is 0 Å². The summed E-state index contributed by atoms with van der Waals surface area (Å²) in [5.41, 5.74) is 5.03. The van der Waals surface area contributed by atoms with Crippen molar-refractivity contribution in [2.24, 2.45) is 13.0 Å². The fourth-order valence-corrected chi connectivity index (χ4v) is 5.66. The number of nitrogens with zero attached hydrogens (tertiary/aromatic N) is 7. The fraction of sp³-hybridized carbons (Fsp3) is 0.346. The molecule has 35 heavy (non-hydrogen) atoms. The number of carbonyl (C=O) groups is 1. The number of aryl methyl sites for hydroxylation is 1. The normalized spacial score (nSPS) is 21.3. The third-order valence-electron chi connectivity index (χ3n) is 7.42. The lowest BCUT2D eigenvalue weighted by atomic mass is 9.76. The van der Waals surface area contributed by atoms with Gasteiger partial charge in [0.15, 0.2) is 0 Å². The summed E-state index contributed by atoms with van der Waals surface area (Å²) in [6.07, 6.45) is 12.3. The Balaban J connectivity index is 1.31. The van der Waals surface area contributed by atoms with Crippen molar-refractivity contribution in [2.75, 3.05) is 11.9 Å².